The van der Waals surface area contributed by atoms with E-state index in [1.165, 1.54) is 19.9 Å². The number of fused-ring (bicyclic) bond motifs is 2. The van der Waals surface area contributed by atoms with Crippen molar-refractivity contribution in [1.29, 1.82) is 0 Å². The van der Waals surface area contributed by atoms with Crippen molar-refractivity contribution >= 4 is 45.3 Å². The SMILES string of the molecule is CN(C)c1cc(C(=O)F)nc2ccc(COc3c(C(=O)NC(C)(C)C(=O)O)ccc4ccccc34)cc12. The molecular formula is C28H26FN3O5. The van der Waals surface area contributed by atoms with E-state index in [9.17, 15) is 23.9 Å². The molecule has 37 heavy (non-hydrogen) atoms. The van der Waals surface area contributed by atoms with E-state index in [1.54, 1.807) is 43.3 Å². The van der Waals surface area contributed by atoms with Gasteiger partial charge in [0.2, 0.25) is 0 Å². The number of carbonyl (C=O) groups excluding carboxylic acids is 2. The Morgan fingerprint density at radius 3 is 2.43 bits per heavy atom. The second kappa shape index (κ2) is 9.85. The third-order valence-corrected chi connectivity index (χ3v) is 6.00. The molecule has 1 amide bonds. The molecular weight excluding hydrogens is 477 g/mol. The van der Waals surface area contributed by atoms with E-state index >= 15 is 0 Å². The minimum atomic E-state index is -1.61. The van der Waals surface area contributed by atoms with Crippen LogP contribution >= 0.6 is 0 Å². The minimum Gasteiger partial charge on any atom is -0.487 e. The van der Waals surface area contributed by atoms with Crippen molar-refractivity contribution in [2.75, 3.05) is 19.0 Å². The van der Waals surface area contributed by atoms with Gasteiger partial charge in [-0.2, -0.15) is 4.39 Å². The first-order valence-electron chi connectivity index (χ1n) is 11.5. The third-order valence-electron chi connectivity index (χ3n) is 6.00. The number of halogens is 1. The van der Waals surface area contributed by atoms with Gasteiger partial charge >= 0.3 is 12.0 Å². The van der Waals surface area contributed by atoms with Gasteiger partial charge in [-0.15, -0.1) is 0 Å². The first-order chi connectivity index (χ1) is 17.5. The summed E-state index contributed by atoms with van der Waals surface area (Å²) in [4.78, 5) is 41.8. The van der Waals surface area contributed by atoms with E-state index in [1.807, 2.05) is 30.3 Å². The fourth-order valence-corrected chi connectivity index (χ4v) is 3.95. The Balaban J connectivity index is 1.73. The second-order valence-corrected chi connectivity index (χ2v) is 9.38. The molecule has 0 saturated carbocycles. The highest BCUT2D eigenvalue weighted by atomic mass is 19.1. The first-order valence-corrected chi connectivity index (χ1v) is 11.5. The summed E-state index contributed by atoms with van der Waals surface area (Å²) in [5, 5.41) is 14.2. The van der Waals surface area contributed by atoms with Gasteiger partial charge in [0.15, 0.2) is 0 Å². The Hall–Kier alpha value is -4.53. The fraction of sp³-hybridized carbons (Fsp3) is 0.214. The molecule has 0 atom stereocenters. The van der Waals surface area contributed by atoms with Crippen LogP contribution in [0, 0.1) is 0 Å². The Morgan fingerprint density at radius 1 is 1.03 bits per heavy atom. The molecule has 4 rings (SSSR count). The molecule has 3 aromatic carbocycles. The number of anilines is 1. The highest BCUT2D eigenvalue weighted by Crippen LogP contribution is 2.32. The van der Waals surface area contributed by atoms with Gasteiger partial charge in [0.05, 0.1) is 11.1 Å². The number of ether oxygens (including phenoxy) is 1. The maximum Gasteiger partial charge on any atom is 0.350 e. The van der Waals surface area contributed by atoms with Crippen molar-refractivity contribution in [2.24, 2.45) is 0 Å². The van der Waals surface area contributed by atoms with Crippen molar-refractivity contribution in [3.05, 3.63) is 77.5 Å². The van der Waals surface area contributed by atoms with Crippen LogP contribution < -0.4 is 15.0 Å². The maximum absolute atomic E-state index is 13.4. The molecule has 190 valence electrons. The average molecular weight is 504 g/mol. The number of rotatable bonds is 8. The summed E-state index contributed by atoms with van der Waals surface area (Å²) in [6.45, 7) is 2.90. The smallest absolute Gasteiger partial charge is 0.350 e. The zero-order valence-electron chi connectivity index (χ0n) is 20.8. The van der Waals surface area contributed by atoms with E-state index in [0.29, 0.717) is 27.7 Å². The predicted molar refractivity (Wildman–Crippen MR) is 139 cm³/mol. The zero-order valence-corrected chi connectivity index (χ0v) is 20.8. The standard InChI is InChI=1S/C28H26FN3O5/c1-28(2,27(35)36)31-26(34)19-11-10-17-7-5-6-8-18(17)24(19)37-15-16-9-12-21-20(13-16)23(32(3)4)14-22(30-21)25(29)33/h5-14H,15H2,1-4H3,(H,31,34)(H,35,36). The highest BCUT2D eigenvalue weighted by Gasteiger charge is 2.30. The van der Waals surface area contributed by atoms with Crippen LogP contribution in [-0.4, -0.2) is 47.6 Å². The Bertz CT molecular complexity index is 1550. The number of aliphatic carboxylic acids is 1. The lowest BCUT2D eigenvalue weighted by molar-refractivity contribution is -0.143. The van der Waals surface area contributed by atoms with Crippen LogP contribution in [0.1, 0.15) is 40.3 Å². The summed E-state index contributed by atoms with van der Waals surface area (Å²) in [6.07, 6.45) is 0. The van der Waals surface area contributed by atoms with Crippen LogP contribution in [0.2, 0.25) is 0 Å². The number of benzene rings is 3. The van der Waals surface area contributed by atoms with Gasteiger partial charge in [-0.3, -0.25) is 9.59 Å². The van der Waals surface area contributed by atoms with Crippen molar-refractivity contribution in [1.82, 2.24) is 10.3 Å². The normalized spacial score (nSPS) is 11.4. The number of aromatic nitrogens is 1. The number of hydrogen-bond acceptors (Lipinski definition) is 6. The summed E-state index contributed by atoms with van der Waals surface area (Å²) in [5.41, 5.74) is 0.285. The van der Waals surface area contributed by atoms with Crippen molar-refractivity contribution in [3.8, 4) is 5.75 Å². The van der Waals surface area contributed by atoms with Crippen molar-refractivity contribution in [3.63, 3.8) is 0 Å². The molecule has 8 nitrogen and oxygen atoms in total. The summed E-state index contributed by atoms with van der Waals surface area (Å²) < 4.78 is 19.6. The van der Waals surface area contributed by atoms with Crippen LogP contribution in [0.25, 0.3) is 21.7 Å². The number of carboxylic acids is 1. The van der Waals surface area contributed by atoms with E-state index in [-0.39, 0.29) is 17.9 Å². The van der Waals surface area contributed by atoms with Crippen molar-refractivity contribution in [2.45, 2.75) is 26.0 Å². The molecule has 0 fully saturated rings. The predicted octanol–water partition coefficient (Wildman–Crippen LogP) is 4.74. The van der Waals surface area contributed by atoms with Crippen LogP contribution in [0.4, 0.5) is 10.1 Å². The highest BCUT2D eigenvalue weighted by molar-refractivity contribution is 6.05. The molecule has 9 heteroatoms. The number of nitrogens with one attached hydrogen (secondary N) is 1. The number of pyridine rings is 1. The van der Waals surface area contributed by atoms with E-state index in [0.717, 1.165) is 10.9 Å². The van der Waals surface area contributed by atoms with Crippen LogP contribution in [0.15, 0.2) is 60.7 Å². The molecule has 0 unspecified atom stereocenters. The quantitative estimate of drug-likeness (QED) is 0.335. The first kappa shape index (κ1) is 25.6. The molecule has 4 aromatic rings. The number of nitrogens with zero attached hydrogens (tertiary/aromatic N) is 2. The van der Waals surface area contributed by atoms with Crippen LogP contribution in [0.5, 0.6) is 5.75 Å². The van der Waals surface area contributed by atoms with Gasteiger partial charge in [-0.05, 0) is 49.1 Å². The van der Waals surface area contributed by atoms with Gasteiger partial charge in [0.1, 0.15) is 23.6 Å². The number of amides is 1. The minimum absolute atomic E-state index is 0.0865. The lowest BCUT2D eigenvalue weighted by Crippen LogP contribution is -2.49. The lowest BCUT2D eigenvalue weighted by atomic mass is 10.0. The summed E-state index contributed by atoms with van der Waals surface area (Å²) in [5.74, 6) is -1.42. The number of hydrogen-bond donors (Lipinski definition) is 2. The number of carboxylic acid groups (broad SMARTS) is 1. The molecule has 0 bridgehead atoms. The molecule has 0 aliphatic rings. The van der Waals surface area contributed by atoms with E-state index < -0.39 is 23.5 Å². The molecule has 0 radical (unpaired) electrons. The summed E-state index contributed by atoms with van der Waals surface area (Å²) in [7, 11) is 3.56. The topological polar surface area (TPSA) is 109 Å². The van der Waals surface area contributed by atoms with Crippen molar-refractivity contribution < 1.29 is 28.6 Å². The van der Waals surface area contributed by atoms with E-state index in [4.69, 9.17) is 4.74 Å². The zero-order chi connectivity index (χ0) is 26.9. The molecule has 0 aliphatic carbocycles. The Morgan fingerprint density at radius 2 is 1.76 bits per heavy atom. The molecule has 0 spiro atoms. The summed E-state index contributed by atoms with van der Waals surface area (Å²) in [6, 6.07) is 15.9. The maximum atomic E-state index is 13.4. The van der Waals surface area contributed by atoms with Gasteiger partial charge in [0, 0.05) is 30.6 Å². The monoisotopic (exact) mass is 503 g/mol. The largest absolute Gasteiger partial charge is 0.487 e. The average Bonchev–Trinajstić information content (AvgIpc) is 2.85. The molecule has 0 saturated heterocycles. The Labute approximate surface area is 212 Å². The molecule has 1 aromatic heterocycles. The third kappa shape index (κ3) is 5.20. The molecule has 1 heterocycles. The molecule has 0 aliphatic heterocycles. The Kier molecular flexibility index (Phi) is 6.80. The fourth-order valence-electron chi connectivity index (χ4n) is 3.95. The van der Waals surface area contributed by atoms with Crippen LogP contribution in [0.3, 0.4) is 0 Å². The van der Waals surface area contributed by atoms with Gasteiger partial charge in [-0.1, -0.05) is 36.4 Å². The van der Waals surface area contributed by atoms with Gasteiger partial charge in [0.25, 0.3) is 5.91 Å². The molecule has 2 N–H and O–H groups in total. The van der Waals surface area contributed by atoms with Gasteiger partial charge in [-0.25, -0.2) is 9.78 Å². The number of carbonyl (C=O) groups is 3. The second-order valence-electron chi connectivity index (χ2n) is 9.38. The van der Waals surface area contributed by atoms with Crippen LogP contribution in [-0.2, 0) is 11.4 Å². The van der Waals surface area contributed by atoms with E-state index in [2.05, 4.69) is 10.3 Å². The lowest BCUT2D eigenvalue weighted by Gasteiger charge is -2.22. The summed E-state index contributed by atoms with van der Waals surface area (Å²) >= 11 is 0. The van der Waals surface area contributed by atoms with Gasteiger partial charge < -0.3 is 20.1 Å².